The summed E-state index contributed by atoms with van der Waals surface area (Å²) in [5, 5.41) is 3.16. The van der Waals surface area contributed by atoms with Gasteiger partial charge in [-0.25, -0.2) is 0 Å². The third-order valence-corrected chi connectivity index (χ3v) is 5.37. The maximum atomic E-state index is 11.5. The highest BCUT2D eigenvalue weighted by Gasteiger charge is 2.60. The van der Waals surface area contributed by atoms with Crippen molar-refractivity contribution < 1.29 is 4.79 Å². The lowest BCUT2D eigenvalue weighted by molar-refractivity contribution is -0.123. The first kappa shape index (κ1) is 11.3. The maximum absolute atomic E-state index is 11.5. The summed E-state index contributed by atoms with van der Waals surface area (Å²) in [6.07, 6.45) is 3.85. The quantitative estimate of drug-likeness (QED) is 0.725. The van der Waals surface area contributed by atoms with Gasteiger partial charge in [0, 0.05) is 5.54 Å². The van der Waals surface area contributed by atoms with Crippen molar-refractivity contribution in [3.8, 4) is 0 Å². The van der Waals surface area contributed by atoms with E-state index < -0.39 is 0 Å². The molecule has 2 bridgehead atoms. The van der Waals surface area contributed by atoms with E-state index in [9.17, 15) is 4.79 Å². The number of hydrogen-bond acceptors (Lipinski definition) is 1. The van der Waals surface area contributed by atoms with Crippen LogP contribution in [0.4, 0.5) is 0 Å². The Labute approximate surface area is 96.8 Å². The predicted molar refractivity (Wildman–Crippen MR) is 61.9 cm³/mol. The number of fused-ring (bicyclic) bond motifs is 2. The first-order valence-electron chi connectivity index (χ1n) is 5.79. The van der Waals surface area contributed by atoms with Crippen LogP contribution < -0.4 is 5.32 Å². The average Bonchev–Trinajstić information content (AvgIpc) is 2.70. The van der Waals surface area contributed by atoms with Gasteiger partial charge in [-0.1, -0.05) is 13.8 Å². The molecule has 0 saturated heterocycles. The molecule has 2 rings (SSSR count). The number of alkyl halides is 1. The van der Waals surface area contributed by atoms with Crippen molar-refractivity contribution >= 4 is 17.5 Å². The molecule has 2 aliphatic carbocycles. The predicted octanol–water partition coefficient (Wildman–Crippen LogP) is 2.56. The molecule has 0 radical (unpaired) electrons. The second-order valence-electron chi connectivity index (χ2n) is 5.81. The molecule has 0 spiro atoms. The van der Waals surface area contributed by atoms with Gasteiger partial charge in [-0.15, -0.1) is 11.6 Å². The van der Waals surface area contributed by atoms with Crippen LogP contribution in [0.2, 0.25) is 0 Å². The van der Waals surface area contributed by atoms with Gasteiger partial charge in [0.2, 0.25) is 5.91 Å². The van der Waals surface area contributed by atoms with Crippen LogP contribution in [-0.4, -0.2) is 17.3 Å². The Morgan fingerprint density at radius 2 is 1.93 bits per heavy atom. The van der Waals surface area contributed by atoms with Gasteiger partial charge < -0.3 is 5.32 Å². The molecule has 2 saturated carbocycles. The third-order valence-electron chi connectivity index (χ3n) is 5.13. The molecule has 3 heteroatoms. The minimum atomic E-state index is -0.0537. The summed E-state index contributed by atoms with van der Waals surface area (Å²) in [6.45, 7) is 6.76. The first-order chi connectivity index (χ1) is 6.91. The van der Waals surface area contributed by atoms with Gasteiger partial charge in [0.25, 0.3) is 0 Å². The largest absolute Gasteiger partial charge is 0.349 e. The van der Waals surface area contributed by atoms with E-state index in [1.807, 2.05) is 0 Å². The molecule has 0 aliphatic heterocycles. The summed E-state index contributed by atoms with van der Waals surface area (Å²) >= 11 is 5.58. The van der Waals surface area contributed by atoms with Crippen molar-refractivity contribution in [1.29, 1.82) is 0 Å². The Kier molecular flexibility index (Phi) is 2.53. The molecule has 2 aliphatic rings. The van der Waals surface area contributed by atoms with E-state index >= 15 is 0 Å². The van der Waals surface area contributed by atoms with Crippen LogP contribution in [0.5, 0.6) is 0 Å². The number of carbonyl (C=O) groups excluding carboxylic acids is 1. The van der Waals surface area contributed by atoms with E-state index in [2.05, 4.69) is 26.1 Å². The average molecular weight is 230 g/mol. The number of nitrogens with one attached hydrogen (secondary N) is 1. The van der Waals surface area contributed by atoms with Gasteiger partial charge >= 0.3 is 0 Å². The monoisotopic (exact) mass is 229 g/mol. The van der Waals surface area contributed by atoms with Crippen molar-refractivity contribution in [2.24, 2.45) is 17.3 Å². The van der Waals surface area contributed by atoms with E-state index in [4.69, 9.17) is 11.6 Å². The summed E-state index contributed by atoms with van der Waals surface area (Å²) in [7, 11) is 0. The Bertz CT molecular complexity index is 289. The summed E-state index contributed by atoms with van der Waals surface area (Å²) in [4.78, 5) is 11.5. The fraction of sp³-hybridized carbons (Fsp3) is 0.917. The lowest BCUT2D eigenvalue weighted by Crippen LogP contribution is -2.59. The van der Waals surface area contributed by atoms with Crippen molar-refractivity contribution in [3.63, 3.8) is 0 Å². The highest BCUT2D eigenvalue weighted by Crippen LogP contribution is 2.61. The Morgan fingerprint density at radius 3 is 2.40 bits per heavy atom. The van der Waals surface area contributed by atoms with Crippen LogP contribution in [0.25, 0.3) is 0 Å². The zero-order chi connectivity index (χ0) is 11.3. The van der Waals surface area contributed by atoms with Gasteiger partial charge in [0.15, 0.2) is 0 Å². The second kappa shape index (κ2) is 3.38. The number of hydrogen-bond donors (Lipinski definition) is 1. The van der Waals surface area contributed by atoms with Gasteiger partial charge in [-0.3, -0.25) is 4.79 Å². The highest BCUT2D eigenvalue weighted by molar-refractivity contribution is 6.27. The van der Waals surface area contributed by atoms with Gasteiger partial charge in [-0.2, -0.15) is 0 Å². The van der Waals surface area contributed by atoms with Gasteiger partial charge in [0.1, 0.15) is 5.88 Å². The fourth-order valence-corrected chi connectivity index (χ4v) is 3.76. The van der Waals surface area contributed by atoms with Crippen molar-refractivity contribution in [1.82, 2.24) is 5.32 Å². The molecular weight excluding hydrogens is 210 g/mol. The molecule has 1 amide bonds. The summed E-state index contributed by atoms with van der Waals surface area (Å²) < 4.78 is 0. The highest BCUT2D eigenvalue weighted by atomic mass is 35.5. The van der Waals surface area contributed by atoms with Crippen molar-refractivity contribution in [2.75, 3.05) is 5.88 Å². The van der Waals surface area contributed by atoms with Crippen LogP contribution in [-0.2, 0) is 4.79 Å². The van der Waals surface area contributed by atoms with Crippen LogP contribution in [0.1, 0.15) is 40.0 Å². The van der Waals surface area contributed by atoms with E-state index in [0.717, 1.165) is 5.92 Å². The normalized spacial score (nSPS) is 41.9. The Morgan fingerprint density at radius 1 is 1.33 bits per heavy atom. The van der Waals surface area contributed by atoms with E-state index in [0.29, 0.717) is 5.92 Å². The van der Waals surface area contributed by atoms with Crippen LogP contribution >= 0.6 is 11.6 Å². The summed E-state index contributed by atoms with van der Waals surface area (Å²) in [5.74, 6) is 1.45. The van der Waals surface area contributed by atoms with Gasteiger partial charge in [0.05, 0.1) is 0 Å². The Balaban J connectivity index is 2.23. The molecule has 86 valence electrons. The molecule has 0 unspecified atom stereocenters. The smallest absolute Gasteiger partial charge is 0.235 e. The fourth-order valence-electron chi connectivity index (χ4n) is 3.70. The molecule has 3 atom stereocenters. The number of rotatable bonds is 2. The molecule has 1 N–H and O–H groups in total. The Hall–Kier alpha value is -0.240. The number of amides is 1. The van der Waals surface area contributed by atoms with Crippen molar-refractivity contribution in [2.45, 2.75) is 45.6 Å². The second-order valence-corrected chi connectivity index (χ2v) is 6.08. The minimum Gasteiger partial charge on any atom is -0.349 e. The molecule has 0 aromatic heterocycles. The SMILES string of the molecule is CC1(C)[C@@H]2CC[C@H](C2)[C@@]1(C)NC(=O)CCl. The van der Waals surface area contributed by atoms with Crippen molar-refractivity contribution in [3.05, 3.63) is 0 Å². The molecule has 2 nitrogen and oxygen atoms in total. The third kappa shape index (κ3) is 1.41. The molecule has 0 aromatic carbocycles. The lowest BCUT2D eigenvalue weighted by atomic mass is 9.64. The van der Waals surface area contributed by atoms with Crippen LogP contribution in [0.3, 0.4) is 0 Å². The van der Waals surface area contributed by atoms with Crippen LogP contribution in [0, 0.1) is 17.3 Å². The topological polar surface area (TPSA) is 29.1 Å². The van der Waals surface area contributed by atoms with E-state index in [1.165, 1.54) is 19.3 Å². The molecular formula is C12H20ClNO. The van der Waals surface area contributed by atoms with E-state index in [1.54, 1.807) is 0 Å². The zero-order valence-electron chi connectivity index (χ0n) is 9.77. The number of carbonyl (C=O) groups is 1. The van der Waals surface area contributed by atoms with Crippen LogP contribution in [0.15, 0.2) is 0 Å². The molecule has 0 aromatic rings. The lowest BCUT2D eigenvalue weighted by Gasteiger charge is -2.48. The maximum Gasteiger partial charge on any atom is 0.235 e. The molecule has 2 fully saturated rings. The van der Waals surface area contributed by atoms with Gasteiger partial charge in [-0.05, 0) is 43.4 Å². The standard InChI is InChI=1S/C12H20ClNO/c1-11(2)8-4-5-9(6-8)12(11,3)14-10(15)7-13/h8-9H,4-7H2,1-3H3,(H,14,15)/t8-,9-,12-/m1/s1. The summed E-state index contributed by atoms with van der Waals surface area (Å²) in [5.41, 5.74) is 0.152. The molecule has 15 heavy (non-hydrogen) atoms. The zero-order valence-corrected chi connectivity index (χ0v) is 10.5. The summed E-state index contributed by atoms with van der Waals surface area (Å²) in [6, 6.07) is 0. The first-order valence-corrected chi connectivity index (χ1v) is 6.32. The number of halogens is 1. The van der Waals surface area contributed by atoms with E-state index in [-0.39, 0.29) is 22.7 Å². The molecule has 0 heterocycles. The minimum absolute atomic E-state index is 0.0280.